The summed E-state index contributed by atoms with van der Waals surface area (Å²) in [4.78, 5) is 9.89. The Morgan fingerprint density at radius 3 is 2.76 bits per heavy atom. The van der Waals surface area contributed by atoms with Crippen molar-refractivity contribution in [3.8, 4) is 0 Å². The van der Waals surface area contributed by atoms with Crippen molar-refractivity contribution in [1.82, 2.24) is 9.97 Å². The molecular formula is C13H17N3S. The van der Waals surface area contributed by atoms with E-state index in [1.165, 1.54) is 4.88 Å². The summed E-state index contributed by atoms with van der Waals surface area (Å²) >= 11 is 1.82. The first-order chi connectivity index (χ1) is 8.24. The maximum atomic E-state index is 4.23. The molecule has 90 valence electrons. The predicted molar refractivity (Wildman–Crippen MR) is 72.4 cm³/mol. The highest BCUT2D eigenvalue weighted by molar-refractivity contribution is 7.09. The van der Waals surface area contributed by atoms with Gasteiger partial charge < -0.3 is 5.32 Å². The second kappa shape index (κ2) is 5.77. The van der Waals surface area contributed by atoms with Crippen molar-refractivity contribution in [1.29, 1.82) is 0 Å². The third-order valence-corrected chi connectivity index (χ3v) is 3.42. The van der Waals surface area contributed by atoms with Crippen LogP contribution >= 0.6 is 11.3 Å². The van der Waals surface area contributed by atoms with Crippen molar-refractivity contribution in [3.63, 3.8) is 0 Å². The first kappa shape index (κ1) is 12.0. The number of nitrogens with zero attached hydrogens (tertiary/aromatic N) is 2. The Morgan fingerprint density at radius 1 is 1.35 bits per heavy atom. The van der Waals surface area contributed by atoms with Crippen LogP contribution in [0.25, 0.3) is 0 Å². The van der Waals surface area contributed by atoms with Gasteiger partial charge in [-0.2, -0.15) is 0 Å². The molecule has 1 unspecified atom stereocenters. The predicted octanol–water partition coefficient (Wildman–Crippen LogP) is 3.14. The zero-order valence-electron chi connectivity index (χ0n) is 10.2. The van der Waals surface area contributed by atoms with Gasteiger partial charge in [0.25, 0.3) is 0 Å². The Kier molecular flexibility index (Phi) is 4.09. The van der Waals surface area contributed by atoms with E-state index < -0.39 is 0 Å². The fraction of sp³-hybridized carbons (Fsp3) is 0.385. The summed E-state index contributed by atoms with van der Waals surface area (Å²) in [6.45, 7) is 5.13. The standard InChI is InChI=1S/C13H17N3S/c1-10(6-12-4-3-5-17-12)7-14-13-15-8-11(2)9-16-13/h3-5,8-10H,6-7H2,1-2H3,(H,14,15,16). The fourth-order valence-corrected chi connectivity index (χ4v) is 2.46. The Bertz CT molecular complexity index is 436. The average Bonchev–Trinajstić information content (AvgIpc) is 2.81. The summed E-state index contributed by atoms with van der Waals surface area (Å²) in [7, 11) is 0. The molecule has 2 aromatic rings. The lowest BCUT2D eigenvalue weighted by Gasteiger charge is -2.11. The van der Waals surface area contributed by atoms with Gasteiger partial charge in [-0.15, -0.1) is 11.3 Å². The van der Waals surface area contributed by atoms with Crippen LogP contribution in [0.2, 0.25) is 0 Å². The second-order valence-corrected chi connectivity index (χ2v) is 5.39. The molecule has 0 amide bonds. The molecule has 3 nitrogen and oxygen atoms in total. The van der Waals surface area contributed by atoms with Crippen molar-refractivity contribution in [3.05, 3.63) is 40.3 Å². The number of anilines is 1. The topological polar surface area (TPSA) is 37.8 Å². The maximum Gasteiger partial charge on any atom is 0.222 e. The number of nitrogens with one attached hydrogen (secondary N) is 1. The Morgan fingerprint density at radius 2 is 2.12 bits per heavy atom. The molecule has 17 heavy (non-hydrogen) atoms. The molecule has 0 radical (unpaired) electrons. The molecule has 2 rings (SSSR count). The maximum absolute atomic E-state index is 4.23. The number of rotatable bonds is 5. The minimum atomic E-state index is 0.582. The molecule has 0 fully saturated rings. The third-order valence-electron chi connectivity index (χ3n) is 2.52. The van der Waals surface area contributed by atoms with Crippen molar-refractivity contribution in [2.75, 3.05) is 11.9 Å². The minimum absolute atomic E-state index is 0.582. The Labute approximate surface area is 106 Å². The molecule has 1 N–H and O–H groups in total. The van der Waals surface area contributed by atoms with E-state index in [0.717, 1.165) is 18.5 Å². The van der Waals surface area contributed by atoms with Crippen LogP contribution in [0.5, 0.6) is 0 Å². The molecule has 4 heteroatoms. The molecular weight excluding hydrogens is 230 g/mol. The molecule has 0 aromatic carbocycles. The van der Waals surface area contributed by atoms with Crippen LogP contribution in [0.4, 0.5) is 5.95 Å². The lowest BCUT2D eigenvalue weighted by molar-refractivity contribution is 0.615. The molecule has 2 aromatic heterocycles. The fourth-order valence-electron chi connectivity index (χ4n) is 1.59. The van der Waals surface area contributed by atoms with Gasteiger partial charge >= 0.3 is 0 Å². The first-order valence-electron chi connectivity index (χ1n) is 5.79. The molecule has 2 heterocycles. The van der Waals surface area contributed by atoms with Gasteiger partial charge in [-0.05, 0) is 36.3 Å². The smallest absolute Gasteiger partial charge is 0.222 e. The highest BCUT2D eigenvalue weighted by Crippen LogP contribution is 2.14. The van der Waals surface area contributed by atoms with Crippen molar-refractivity contribution >= 4 is 17.3 Å². The van der Waals surface area contributed by atoms with E-state index in [2.05, 4.69) is 39.7 Å². The number of thiophene rings is 1. The number of hydrogen-bond donors (Lipinski definition) is 1. The number of aromatic nitrogens is 2. The lowest BCUT2D eigenvalue weighted by Crippen LogP contribution is -2.14. The molecule has 0 bridgehead atoms. The minimum Gasteiger partial charge on any atom is -0.354 e. The highest BCUT2D eigenvalue weighted by atomic mass is 32.1. The normalized spacial score (nSPS) is 12.4. The second-order valence-electron chi connectivity index (χ2n) is 4.35. The quantitative estimate of drug-likeness (QED) is 0.882. The van der Waals surface area contributed by atoms with Gasteiger partial charge in [-0.1, -0.05) is 13.0 Å². The molecule has 0 spiro atoms. The monoisotopic (exact) mass is 247 g/mol. The van der Waals surface area contributed by atoms with E-state index in [1.54, 1.807) is 0 Å². The van der Waals surface area contributed by atoms with Crippen LogP contribution in [0.1, 0.15) is 17.4 Å². The SMILES string of the molecule is Cc1cnc(NCC(C)Cc2cccs2)nc1. The summed E-state index contributed by atoms with van der Waals surface area (Å²) < 4.78 is 0. The molecule has 0 aliphatic heterocycles. The number of aryl methyl sites for hydroxylation is 1. The van der Waals surface area contributed by atoms with E-state index in [-0.39, 0.29) is 0 Å². The summed E-state index contributed by atoms with van der Waals surface area (Å²) in [5, 5.41) is 5.39. The van der Waals surface area contributed by atoms with E-state index in [4.69, 9.17) is 0 Å². The molecule has 0 saturated heterocycles. The van der Waals surface area contributed by atoms with Crippen LogP contribution in [-0.4, -0.2) is 16.5 Å². The first-order valence-corrected chi connectivity index (χ1v) is 6.67. The van der Waals surface area contributed by atoms with Crippen molar-refractivity contribution in [2.45, 2.75) is 20.3 Å². The third kappa shape index (κ3) is 3.82. The van der Waals surface area contributed by atoms with Gasteiger partial charge in [0.15, 0.2) is 0 Å². The summed E-state index contributed by atoms with van der Waals surface area (Å²) in [6, 6.07) is 4.28. The zero-order chi connectivity index (χ0) is 12.1. The zero-order valence-corrected chi connectivity index (χ0v) is 11.0. The number of hydrogen-bond acceptors (Lipinski definition) is 4. The molecule has 0 saturated carbocycles. The Balaban J connectivity index is 1.79. The Hall–Kier alpha value is -1.42. The van der Waals surface area contributed by atoms with Crippen LogP contribution < -0.4 is 5.32 Å². The van der Waals surface area contributed by atoms with Crippen LogP contribution in [0.3, 0.4) is 0 Å². The van der Waals surface area contributed by atoms with Gasteiger partial charge in [0, 0.05) is 23.8 Å². The van der Waals surface area contributed by atoms with Gasteiger partial charge in [0.2, 0.25) is 5.95 Å². The van der Waals surface area contributed by atoms with Gasteiger partial charge in [0.05, 0.1) is 0 Å². The van der Waals surface area contributed by atoms with Gasteiger partial charge in [-0.3, -0.25) is 0 Å². The highest BCUT2D eigenvalue weighted by Gasteiger charge is 2.05. The van der Waals surface area contributed by atoms with Crippen LogP contribution in [-0.2, 0) is 6.42 Å². The average molecular weight is 247 g/mol. The van der Waals surface area contributed by atoms with E-state index in [1.807, 2.05) is 30.7 Å². The van der Waals surface area contributed by atoms with E-state index in [9.17, 15) is 0 Å². The summed E-state index contributed by atoms with van der Waals surface area (Å²) in [6.07, 6.45) is 4.77. The summed E-state index contributed by atoms with van der Waals surface area (Å²) in [5.74, 6) is 1.30. The van der Waals surface area contributed by atoms with Crippen molar-refractivity contribution < 1.29 is 0 Å². The molecule has 0 aliphatic rings. The van der Waals surface area contributed by atoms with E-state index in [0.29, 0.717) is 11.9 Å². The van der Waals surface area contributed by atoms with E-state index >= 15 is 0 Å². The largest absolute Gasteiger partial charge is 0.354 e. The van der Waals surface area contributed by atoms with Gasteiger partial charge in [-0.25, -0.2) is 9.97 Å². The van der Waals surface area contributed by atoms with Gasteiger partial charge in [0.1, 0.15) is 0 Å². The van der Waals surface area contributed by atoms with Crippen LogP contribution in [0.15, 0.2) is 29.9 Å². The lowest BCUT2D eigenvalue weighted by atomic mass is 10.1. The van der Waals surface area contributed by atoms with Crippen LogP contribution in [0, 0.1) is 12.8 Å². The van der Waals surface area contributed by atoms with Crippen molar-refractivity contribution in [2.24, 2.45) is 5.92 Å². The molecule has 1 atom stereocenters. The molecule has 0 aliphatic carbocycles. The summed E-state index contributed by atoms with van der Waals surface area (Å²) in [5.41, 5.74) is 1.09.